The lowest BCUT2D eigenvalue weighted by atomic mass is 10.1. The molecule has 1 aliphatic heterocycles. The second-order valence-electron chi connectivity index (χ2n) is 4.91. The van der Waals surface area contributed by atoms with Crippen LogP contribution in [0.2, 0.25) is 5.02 Å². The van der Waals surface area contributed by atoms with Crippen LogP contribution in [0.25, 0.3) is 0 Å². The average molecular weight is 380 g/mol. The van der Waals surface area contributed by atoms with Gasteiger partial charge < -0.3 is 19.1 Å². The van der Waals surface area contributed by atoms with E-state index in [-0.39, 0.29) is 35.3 Å². The molecule has 1 aliphatic rings. The van der Waals surface area contributed by atoms with Crippen molar-refractivity contribution in [1.82, 2.24) is 0 Å². The molecule has 136 valence electrons. The lowest BCUT2D eigenvalue weighted by Gasteiger charge is -2.31. The Kier molecular flexibility index (Phi) is 5.58. The van der Waals surface area contributed by atoms with E-state index >= 15 is 0 Å². The lowest BCUT2D eigenvalue weighted by molar-refractivity contribution is -0.140. The molecular formula is C15H13ClF3NO5. The first-order valence-corrected chi connectivity index (χ1v) is 7.19. The van der Waals surface area contributed by atoms with Crippen molar-refractivity contribution in [2.24, 2.45) is 0 Å². The number of alkyl halides is 3. The number of benzene rings is 1. The first kappa shape index (κ1) is 19.1. The molecule has 2 rings (SSSR count). The SMILES string of the molecule is COC(=O)C1=C(C(=O)OC)N(c2cc(Cl)cc(C(F)(F)F)c2)COC1. The van der Waals surface area contributed by atoms with Gasteiger partial charge in [0.1, 0.15) is 12.4 Å². The van der Waals surface area contributed by atoms with Crippen molar-refractivity contribution in [3.05, 3.63) is 40.1 Å². The van der Waals surface area contributed by atoms with Gasteiger partial charge in [0.05, 0.1) is 32.0 Å². The summed E-state index contributed by atoms with van der Waals surface area (Å²) in [5, 5.41) is -0.195. The van der Waals surface area contributed by atoms with Crippen molar-refractivity contribution in [3.8, 4) is 0 Å². The minimum Gasteiger partial charge on any atom is -0.466 e. The normalized spacial score (nSPS) is 15.2. The summed E-state index contributed by atoms with van der Waals surface area (Å²) in [7, 11) is 2.18. The number of hydrogen-bond acceptors (Lipinski definition) is 6. The Morgan fingerprint density at radius 1 is 1.16 bits per heavy atom. The third kappa shape index (κ3) is 4.05. The number of anilines is 1. The number of esters is 2. The summed E-state index contributed by atoms with van der Waals surface area (Å²) in [5.41, 5.74) is -1.53. The number of methoxy groups -OCH3 is 2. The van der Waals surface area contributed by atoms with Gasteiger partial charge in [-0.15, -0.1) is 0 Å². The van der Waals surface area contributed by atoms with E-state index in [1.807, 2.05) is 0 Å². The van der Waals surface area contributed by atoms with Crippen LogP contribution in [0.5, 0.6) is 0 Å². The number of hydrogen-bond donors (Lipinski definition) is 0. The van der Waals surface area contributed by atoms with Crippen LogP contribution in [-0.2, 0) is 30.0 Å². The summed E-state index contributed by atoms with van der Waals surface area (Å²) in [6.45, 7) is -0.525. The molecule has 0 N–H and O–H groups in total. The maximum absolute atomic E-state index is 13.0. The van der Waals surface area contributed by atoms with Gasteiger partial charge in [-0.2, -0.15) is 13.2 Å². The summed E-state index contributed by atoms with van der Waals surface area (Å²) in [6.07, 6.45) is -4.64. The summed E-state index contributed by atoms with van der Waals surface area (Å²) >= 11 is 5.77. The standard InChI is InChI=1S/C15H13ClF3NO5/c1-23-13(21)11-6-25-7-20(12(11)14(22)24-2)10-4-8(15(17,18)19)3-9(16)5-10/h3-5H,6-7H2,1-2H3. The predicted octanol–water partition coefficient (Wildman–Crippen LogP) is 2.75. The maximum Gasteiger partial charge on any atom is 0.416 e. The molecule has 1 aromatic rings. The van der Waals surface area contributed by atoms with Crippen LogP contribution in [0.4, 0.5) is 18.9 Å². The Hall–Kier alpha value is -2.26. The third-order valence-electron chi connectivity index (χ3n) is 3.35. The summed E-state index contributed by atoms with van der Waals surface area (Å²) in [5.74, 6) is -1.78. The molecule has 0 saturated heterocycles. The van der Waals surface area contributed by atoms with E-state index < -0.39 is 23.7 Å². The van der Waals surface area contributed by atoms with Gasteiger partial charge in [-0.1, -0.05) is 11.6 Å². The molecule has 0 atom stereocenters. The zero-order valence-corrected chi connectivity index (χ0v) is 13.9. The van der Waals surface area contributed by atoms with E-state index in [0.717, 1.165) is 31.3 Å². The Labute approximate surface area is 145 Å². The number of carbonyl (C=O) groups is 2. The topological polar surface area (TPSA) is 65.1 Å². The fourth-order valence-corrected chi connectivity index (χ4v) is 2.47. The van der Waals surface area contributed by atoms with E-state index in [4.69, 9.17) is 16.3 Å². The highest BCUT2D eigenvalue weighted by Gasteiger charge is 2.35. The van der Waals surface area contributed by atoms with Crippen LogP contribution in [-0.4, -0.2) is 39.5 Å². The largest absolute Gasteiger partial charge is 0.466 e. The van der Waals surface area contributed by atoms with Crippen LogP contribution in [0, 0.1) is 0 Å². The van der Waals surface area contributed by atoms with Crippen LogP contribution in [0.1, 0.15) is 5.56 Å². The molecule has 0 unspecified atom stereocenters. The number of rotatable bonds is 3. The molecule has 1 heterocycles. The van der Waals surface area contributed by atoms with Crippen LogP contribution >= 0.6 is 11.6 Å². The average Bonchev–Trinajstić information content (AvgIpc) is 2.58. The van der Waals surface area contributed by atoms with E-state index in [2.05, 4.69) is 9.47 Å². The monoisotopic (exact) mass is 379 g/mol. The molecule has 0 saturated carbocycles. The Morgan fingerprint density at radius 3 is 2.36 bits per heavy atom. The van der Waals surface area contributed by atoms with Crippen molar-refractivity contribution < 1.29 is 37.0 Å². The van der Waals surface area contributed by atoms with Crippen LogP contribution in [0.15, 0.2) is 29.5 Å². The van der Waals surface area contributed by atoms with Crippen molar-refractivity contribution >= 4 is 29.2 Å². The molecule has 0 radical (unpaired) electrons. The molecule has 6 nitrogen and oxygen atoms in total. The van der Waals surface area contributed by atoms with E-state index in [1.165, 1.54) is 6.07 Å². The maximum atomic E-state index is 13.0. The summed E-state index contributed by atoms with van der Waals surface area (Å²) in [4.78, 5) is 25.0. The summed E-state index contributed by atoms with van der Waals surface area (Å²) in [6, 6.07) is 2.75. The minimum atomic E-state index is -4.64. The molecule has 10 heteroatoms. The highest BCUT2D eigenvalue weighted by Crippen LogP contribution is 2.36. The quantitative estimate of drug-likeness (QED) is 0.752. The van der Waals surface area contributed by atoms with E-state index in [1.54, 1.807) is 0 Å². The van der Waals surface area contributed by atoms with E-state index in [0.29, 0.717) is 0 Å². The zero-order valence-electron chi connectivity index (χ0n) is 13.1. The molecule has 0 aliphatic carbocycles. The van der Waals surface area contributed by atoms with Gasteiger partial charge in [0.15, 0.2) is 0 Å². The van der Waals surface area contributed by atoms with Crippen molar-refractivity contribution in [2.45, 2.75) is 6.18 Å². The summed E-state index contributed by atoms with van der Waals surface area (Å²) < 4.78 is 53.4. The zero-order chi connectivity index (χ0) is 18.8. The number of carbonyl (C=O) groups excluding carboxylic acids is 2. The second-order valence-corrected chi connectivity index (χ2v) is 5.35. The van der Waals surface area contributed by atoms with Gasteiger partial charge in [0.25, 0.3) is 0 Å². The Morgan fingerprint density at radius 2 is 1.80 bits per heavy atom. The van der Waals surface area contributed by atoms with E-state index in [9.17, 15) is 22.8 Å². The number of ether oxygens (including phenoxy) is 3. The molecule has 0 spiro atoms. The van der Waals surface area contributed by atoms with Gasteiger partial charge >= 0.3 is 18.1 Å². The van der Waals surface area contributed by atoms with Gasteiger partial charge in [0.2, 0.25) is 0 Å². The van der Waals surface area contributed by atoms with Crippen LogP contribution < -0.4 is 4.90 Å². The number of halogens is 4. The van der Waals surface area contributed by atoms with Gasteiger partial charge in [0, 0.05) is 10.7 Å². The fraction of sp³-hybridized carbons (Fsp3) is 0.333. The second kappa shape index (κ2) is 7.32. The van der Waals surface area contributed by atoms with Crippen LogP contribution in [0.3, 0.4) is 0 Å². The lowest BCUT2D eigenvalue weighted by Crippen LogP contribution is -2.38. The van der Waals surface area contributed by atoms with Gasteiger partial charge in [-0.05, 0) is 18.2 Å². The first-order valence-electron chi connectivity index (χ1n) is 6.82. The van der Waals surface area contributed by atoms with Crippen molar-refractivity contribution in [2.75, 3.05) is 32.5 Å². The molecule has 1 aromatic carbocycles. The highest BCUT2D eigenvalue weighted by molar-refractivity contribution is 6.31. The fourth-order valence-electron chi connectivity index (χ4n) is 2.24. The molecule has 0 aromatic heterocycles. The van der Waals surface area contributed by atoms with Gasteiger partial charge in [-0.3, -0.25) is 0 Å². The Balaban J connectivity index is 2.62. The molecular weight excluding hydrogens is 367 g/mol. The molecule has 0 amide bonds. The smallest absolute Gasteiger partial charge is 0.416 e. The third-order valence-corrected chi connectivity index (χ3v) is 3.57. The molecule has 25 heavy (non-hydrogen) atoms. The highest BCUT2D eigenvalue weighted by atomic mass is 35.5. The van der Waals surface area contributed by atoms with Crippen molar-refractivity contribution in [1.29, 1.82) is 0 Å². The Bertz CT molecular complexity index is 732. The number of nitrogens with zero attached hydrogens (tertiary/aromatic N) is 1. The van der Waals surface area contributed by atoms with Gasteiger partial charge in [-0.25, -0.2) is 9.59 Å². The molecule has 0 bridgehead atoms. The predicted molar refractivity (Wildman–Crippen MR) is 80.8 cm³/mol. The van der Waals surface area contributed by atoms with Crippen molar-refractivity contribution in [3.63, 3.8) is 0 Å². The minimum absolute atomic E-state index is 0.0821. The first-order chi connectivity index (χ1) is 11.7. The molecule has 0 fully saturated rings.